The van der Waals surface area contributed by atoms with Gasteiger partial charge in [-0.2, -0.15) is 0 Å². The van der Waals surface area contributed by atoms with Crippen molar-refractivity contribution in [2.24, 2.45) is 5.73 Å². The van der Waals surface area contributed by atoms with Crippen LogP contribution in [0.4, 0.5) is 10.5 Å². The lowest BCUT2D eigenvalue weighted by atomic mass is 10.1. The van der Waals surface area contributed by atoms with E-state index < -0.39 is 18.0 Å². The highest BCUT2D eigenvalue weighted by atomic mass is 16.2. The summed E-state index contributed by atoms with van der Waals surface area (Å²) in [7, 11) is 0. The molecule has 2 aromatic carbocycles. The summed E-state index contributed by atoms with van der Waals surface area (Å²) >= 11 is 0. The third kappa shape index (κ3) is 4.07. The van der Waals surface area contributed by atoms with Gasteiger partial charge in [-0.1, -0.05) is 48.0 Å². The molecule has 1 atom stereocenters. The maximum absolute atomic E-state index is 12.2. The van der Waals surface area contributed by atoms with Gasteiger partial charge in [-0.3, -0.25) is 10.1 Å². The SMILES string of the molecule is Cc1ccc(N[C@@H](C(=O)NC(N)=O)c2ccccc2)cc1. The standard InChI is InChI=1S/C16H17N3O2/c1-11-7-9-13(10-8-11)18-14(15(20)19-16(17)21)12-5-3-2-4-6-12/h2-10,14,18H,1H3,(H3,17,19,20,21)/t14-/m1/s1. The normalized spacial score (nSPS) is 11.5. The second-order valence-corrected chi connectivity index (χ2v) is 4.71. The van der Waals surface area contributed by atoms with Crippen molar-refractivity contribution < 1.29 is 9.59 Å². The second kappa shape index (κ2) is 6.56. The van der Waals surface area contributed by atoms with Gasteiger partial charge in [-0.15, -0.1) is 0 Å². The van der Waals surface area contributed by atoms with Gasteiger partial charge in [0.15, 0.2) is 0 Å². The Bertz CT molecular complexity index is 624. The molecule has 0 radical (unpaired) electrons. The number of anilines is 1. The Labute approximate surface area is 123 Å². The van der Waals surface area contributed by atoms with Gasteiger partial charge in [0.1, 0.15) is 6.04 Å². The van der Waals surface area contributed by atoms with E-state index in [4.69, 9.17) is 5.73 Å². The molecule has 0 aliphatic carbocycles. The molecule has 108 valence electrons. The van der Waals surface area contributed by atoms with E-state index in [1.54, 1.807) is 0 Å². The van der Waals surface area contributed by atoms with Crippen molar-refractivity contribution in [3.63, 3.8) is 0 Å². The molecule has 0 unspecified atom stereocenters. The molecular weight excluding hydrogens is 266 g/mol. The number of urea groups is 1. The van der Waals surface area contributed by atoms with E-state index in [0.29, 0.717) is 0 Å². The lowest BCUT2D eigenvalue weighted by Crippen LogP contribution is -2.40. The fraction of sp³-hybridized carbons (Fsp3) is 0.125. The summed E-state index contributed by atoms with van der Waals surface area (Å²) in [5, 5.41) is 5.22. The molecule has 0 saturated carbocycles. The number of amides is 3. The molecule has 0 aliphatic rings. The molecule has 0 spiro atoms. The minimum atomic E-state index is -0.869. The molecule has 0 fully saturated rings. The van der Waals surface area contributed by atoms with Gasteiger partial charge >= 0.3 is 6.03 Å². The van der Waals surface area contributed by atoms with Gasteiger partial charge in [0.2, 0.25) is 0 Å². The Morgan fingerprint density at radius 1 is 1.00 bits per heavy atom. The van der Waals surface area contributed by atoms with Crippen LogP contribution < -0.4 is 16.4 Å². The van der Waals surface area contributed by atoms with Crippen LogP contribution in [0.25, 0.3) is 0 Å². The van der Waals surface area contributed by atoms with Gasteiger partial charge < -0.3 is 11.1 Å². The number of imide groups is 1. The van der Waals surface area contributed by atoms with Crippen LogP contribution in [0.2, 0.25) is 0 Å². The average Bonchev–Trinajstić information content (AvgIpc) is 2.46. The fourth-order valence-electron chi connectivity index (χ4n) is 1.96. The molecule has 0 bridgehead atoms. The van der Waals surface area contributed by atoms with Crippen LogP contribution in [0.1, 0.15) is 17.2 Å². The van der Waals surface area contributed by atoms with Crippen LogP contribution in [-0.4, -0.2) is 11.9 Å². The van der Waals surface area contributed by atoms with Gasteiger partial charge in [-0.25, -0.2) is 4.79 Å². The van der Waals surface area contributed by atoms with Crippen LogP contribution in [0.5, 0.6) is 0 Å². The summed E-state index contributed by atoms with van der Waals surface area (Å²) in [6, 6.07) is 15.2. The van der Waals surface area contributed by atoms with Gasteiger partial charge in [0.25, 0.3) is 5.91 Å². The lowest BCUT2D eigenvalue weighted by Gasteiger charge is -2.19. The number of aryl methyl sites for hydroxylation is 1. The van der Waals surface area contributed by atoms with E-state index in [1.807, 2.05) is 61.5 Å². The van der Waals surface area contributed by atoms with Gasteiger partial charge in [0, 0.05) is 5.69 Å². The Morgan fingerprint density at radius 3 is 2.19 bits per heavy atom. The number of carbonyl (C=O) groups excluding carboxylic acids is 2. The molecule has 0 aliphatic heterocycles. The van der Waals surface area contributed by atoms with Crippen LogP contribution in [0, 0.1) is 6.92 Å². The molecule has 0 saturated heterocycles. The van der Waals surface area contributed by atoms with Crippen molar-refractivity contribution in [2.45, 2.75) is 13.0 Å². The summed E-state index contributed by atoms with van der Waals surface area (Å²) in [6.07, 6.45) is 0. The first-order valence-corrected chi connectivity index (χ1v) is 6.54. The summed E-state index contributed by atoms with van der Waals surface area (Å²) in [5.41, 5.74) is 7.68. The van der Waals surface area contributed by atoms with Crippen molar-refractivity contribution in [3.8, 4) is 0 Å². The summed E-state index contributed by atoms with van der Waals surface area (Å²) in [5.74, 6) is -0.491. The zero-order chi connectivity index (χ0) is 15.2. The van der Waals surface area contributed by atoms with E-state index in [2.05, 4.69) is 10.6 Å². The fourth-order valence-corrected chi connectivity index (χ4v) is 1.96. The Hall–Kier alpha value is -2.82. The van der Waals surface area contributed by atoms with Crippen LogP contribution in [0.3, 0.4) is 0 Å². The van der Waals surface area contributed by atoms with Crippen molar-refractivity contribution >= 4 is 17.6 Å². The smallest absolute Gasteiger partial charge is 0.318 e. The Balaban J connectivity index is 2.25. The third-order valence-electron chi connectivity index (χ3n) is 3.00. The van der Waals surface area contributed by atoms with Crippen molar-refractivity contribution in [3.05, 3.63) is 65.7 Å². The van der Waals surface area contributed by atoms with E-state index >= 15 is 0 Å². The highest BCUT2D eigenvalue weighted by molar-refractivity contribution is 5.98. The molecule has 5 nitrogen and oxygen atoms in total. The lowest BCUT2D eigenvalue weighted by molar-refractivity contribution is -0.120. The molecular formula is C16H17N3O2. The number of benzene rings is 2. The molecule has 2 rings (SSSR count). The zero-order valence-electron chi connectivity index (χ0n) is 11.7. The highest BCUT2D eigenvalue weighted by Crippen LogP contribution is 2.20. The first kappa shape index (κ1) is 14.6. The number of rotatable bonds is 4. The quantitative estimate of drug-likeness (QED) is 0.805. The third-order valence-corrected chi connectivity index (χ3v) is 3.00. The van der Waals surface area contributed by atoms with Gasteiger partial charge in [0.05, 0.1) is 0 Å². The zero-order valence-corrected chi connectivity index (χ0v) is 11.7. The van der Waals surface area contributed by atoms with E-state index in [1.165, 1.54) is 0 Å². The topological polar surface area (TPSA) is 84.2 Å². The first-order valence-electron chi connectivity index (χ1n) is 6.54. The summed E-state index contributed by atoms with van der Waals surface area (Å²) in [6.45, 7) is 1.98. The largest absolute Gasteiger partial charge is 0.370 e. The average molecular weight is 283 g/mol. The number of nitrogens with two attached hydrogens (primary N) is 1. The monoisotopic (exact) mass is 283 g/mol. The van der Waals surface area contributed by atoms with E-state index in [-0.39, 0.29) is 0 Å². The van der Waals surface area contributed by atoms with Crippen molar-refractivity contribution in [1.29, 1.82) is 0 Å². The Morgan fingerprint density at radius 2 is 1.62 bits per heavy atom. The molecule has 4 N–H and O–H groups in total. The second-order valence-electron chi connectivity index (χ2n) is 4.71. The molecule has 3 amide bonds. The number of primary amides is 1. The minimum absolute atomic E-state index is 0.491. The van der Waals surface area contributed by atoms with Gasteiger partial charge in [-0.05, 0) is 24.6 Å². The van der Waals surface area contributed by atoms with Crippen LogP contribution in [-0.2, 0) is 4.79 Å². The van der Waals surface area contributed by atoms with Crippen molar-refractivity contribution in [2.75, 3.05) is 5.32 Å². The summed E-state index contributed by atoms with van der Waals surface area (Å²) in [4.78, 5) is 23.1. The number of nitrogens with one attached hydrogen (secondary N) is 2. The van der Waals surface area contributed by atoms with Crippen molar-refractivity contribution in [1.82, 2.24) is 5.32 Å². The summed E-state index contributed by atoms with van der Waals surface area (Å²) < 4.78 is 0. The predicted molar refractivity (Wildman–Crippen MR) is 81.7 cm³/mol. The minimum Gasteiger partial charge on any atom is -0.370 e. The van der Waals surface area contributed by atoms with Crippen LogP contribution in [0.15, 0.2) is 54.6 Å². The van der Waals surface area contributed by atoms with E-state index in [9.17, 15) is 9.59 Å². The first-order chi connectivity index (χ1) is 10.1. The molecule has 0 heterocycles. The van der Waals surface area contributed by atoms with Crippen LogP contribution >= 0.6 is 0 Å². The highest BCUT2D eigenvalue weighted by Gasteiger charge is 2.21. The molecule has 2 aromatic rings. The Kier molecular flexibility index (Phi) is 4.56. The predicted octanol–water partition coefficient (Wildman–Crippen LogP) is 2.34. The maximum Gasteiger partial charge on any atom is 0.318 e. The molecule has 5 heteroatoms. The number of hydrogen-bond acceptors (Lipinski definition) is 3. The maximum atomic E-state index is 12.2. The number of carbonyl (C=O) groups is 2. The molecule has 21 heavy (non-hydrogen) atoms. The number of hydrogen-bond donors (Lipinski definition) is 3. The van der Waals surface area contributed by atoms with E-state index in [0.717, 1.165) is 16.8 Å². The molecule has 0 aromatic heterocycles.